The van der Waals surface area contributed by atoms with Crippen molar-refractivity contribution in [1.82, 2.24) is 0 Å². The van der Waals surface area contributed by atoms with Crippen LogP contribution in [0.1, 0.15) is 271 Å². The molecule has 0 aromatic carbocycles. The van der Waals surface area contributed by atoms with Crippen molar-refractivity contribution in [1.29, 1.82) is 0 Å². The lowest BCUT2D eigenvalue weighted by atomic mass is 10.0. The first-order valence-corrected chi connectivity index (χ1v) is 29.8. The highest BCUT2D eigenvalue weighted by atomic mass is 16.7. The summed E-state index contributed by atoms with van der Waals surface area (Å²) in [6.45, 7) is 4.62. The van der Waals surface area contributed by atoms with E-state index in [-0.39, 0.29) is 38.6 Å². The van der Waals surface area contributed by atoms with Crippen LogP contribution in [0, 0.1) is 0 Å². The van der Waals surface area contributed by atoms with Crippen LogP contribution in [0.5, 0.6) is 0 Å². The molecule has 9 nitrogen and oxygen atoms in total. The van der Waals surface area contributed by atoms with E-state index in [1.807, 2.05) is 21.1 Å². The molecule has 9 heteroatoms. The van der Waals surface area contributed by atoms with Crippen molar-refractivity contribution in [2.75, 3.05) is 47.5 Å². The monoisotopic (exact) mass is 1000 g/mol. The fourth-order valence-corrected chi connectivity index (χ4v) is 8.49. The van der Waals surface area contributed by atoms with Crippen molar-refractivity contribution in [2.24, 2.45) is 0 Å². The Bertz CT molecular complexity index is 1300. The average molecular weight is 1000 g/mol. The van der Waals surface area contributed by atoms with Gasteiger partial charge in [-0.05, 0) is 70.6 Å². The van der Waals surface area contributed by atoms with Crippen LogP contribution < -0.4 is 5.11 Å². The van der Waals surface area contributed by atoms with Crippen molar-refractivity contribution in [3.63, 3.8) is 0 Å². The van der Waals surface area contributed by atoms with Gasteiger partial charge in [-0.15, -0.1) is 0 Å². The van der Waals surface area contributed by atoms with Gasteiger partial charge >= 0.3 is 11.9 Å². The van der Waals surface area contributed by atoms with E-state index in [2.05, 4.69) is 62.5 Å². The molecule has 0 aromatic heterocycles. The molecule has 0 N–H and O–H groups in total. The summed E-state index contributed by atoms with van der Waals surface area (Å²) in [5, 5.41) is 11.7. The molecule has 2 unspecified atom stereocenters. The lowest BCUT2D eigenvalue weighted by Gasteiger charge is -2.26. The summed E-state index contributed by atoms with van der Waals surface area (Å²) in [6.07, 6.45) is 63.4. The van der Waals surface area contributed by atoms with E-state index < -0.39 is 24.3 Å². The lowest BCUT2D eigenvalue weighted by molar-refractivity contribution is -0.870. The Labute approximate surface area is 438 Å². The molecular weight excluding hydrogens is 887 g/mol. The van der Waals surface area contributed by atoms with E-state index in [4.69, 9.17) is 18.9 Å². The number of ether oxygens (including phenoxy) is 4. The van der Waals surface area contributed by atoms with Gasteiger partial charge in [0, 0.05) is 12.8 Å². The van der Waals surface area contributed by atoms with Crippen molar-refractivity contribution in [2.45, 2.75) is 283 Å². The van der Waals surface area contributed by atoms with Gasteiger partial charge in [0.15, 0.2) is 12.4 Å². The molecule has 0 bridgehead atoms. The normalized spacial score (nSPS) is 13.1. The van der Waals surface area contributed by atoms with Crippen LogP contribution in [0.3, 0.4) is 0 Å². The SMILES string of the molecule is CC/C=C\C/C=C\C/C=C\CCCCCC(=O)OC(COC(=O)CCCCCCCCCCCCCCCCCCCCCCC/C=C\CCCCCCCCCC)COC(OCC[N+](C)(C)C)C(=O)[O-]. The highest BCUT2D eigenvalue weighted by molar-refractivity contribution is 5.70. The van der Waals surface area contributed by atoms with Crippen LogP contribution in [0.25, 0.3) is 0 Å². The second kappa shape index (κ2) is 53.5. The molecular formula is C62H113NO8. The Balaban J connectivity index is 4.02. The molecule has 2 atom stereocenters. The number of unbranched alkanes of at least 4 members (excludes halogenated alkanes) is 32. The Morgan fingerprint density at radius 2 is 0.803 bits per heavy atom. The molecule has 0 amide bonds. The maximum Gasteiger partial charge on any atom is 0.306 e. The van der Waals surface area contributed by atoms with E-state index in [9.17, 15) is 19.5 Å². The molecule has 0 saturated heterocycles. The number of hydrogen-bond donors (Lipinski definition) is 0. The molecule has 414 valence electrons. The van der Waals surface area contributed by atoms with Gasteiger partial charge in [0.2, 0.25) is 0 Å². The Morgan fingerprint density at radius 3 is 1.23 bits per heavy atom. The number of hydrogen-bond acceptors (Lipinski definition) is 8. The number of carbonyl (C=O) groups excluding carboxylic acids is 3. The molecule has 0 rings (SSSR count). The summed E-state index contributed by atoms with van der Waals surface area (Å²) in [6, 6.07) is 0. The fraction of sp³-hybridized carbons (Fsp3) is 0.823. The number of likely N-dealkylation sites (N-methyl/N-ethyl adjacent to an activating group) is 1. The van der Waals surface area contributed by atoms with Gasteiger partial charge < -0.3 is 33.3 Å². The number of esters is 2. The highest BCUT2D eigenvalue weighted by Gasteiger charge is 2.22. The van der Waals surface area contributed by atoms with Crippen LogP contribution in [-0.4, -0.2) is 82.3 Å². The number of nitrogens with zero attached hydrogens (tertiary/aromatic N) is 1. The zero-order valence-electron chi connectivity index (χ0n) is 47.1. The van der Waals surface area contributed by atoms with Crippen LogP contribution in [0.4, 0.5) is 0 Å². The number of carboxylic acids is 1. The molecule has 0 spiro atoms. The lowest BCUT2D eigenvalue weighted by Crippen LogP contribution is -2.44. The van der Waals surface area contributed by atoms with Gasteiger partial charge in [-0.1, -0.05) is 236 Å². The minimum Gasteiger partial charge on any atom is -0.545 e. The third-order valence-electron chi connectivity index (χ3n) is 13.1. The van der Waals surface area contributed by atoms with Crippen molar-refractivity contribution in [3.05, 3.63) is 48.6 Å². The fourth-order valence-electron chi connectivity index (χ4n) is 8.49. The van der Waals surface area contributed by atoms with Crippen molar-refractivity contribution >= 4 is 17.9 Å². The number of carbonyl (C=O) groups is 3. The molecule has 0 radical (unpaired) electrons. The third kappa shape index (κ3) is 54.9. The van der Waals surface area contributed by atoms with Crippen molar-refractivity contribution in [3.8, 4) is 0 Å². The molecule has 0 fully saturated rings. The minimum atomic E-state index is -1.63. The average Bonchev–Trinajstić information content (AvgIpc) is 3.34. The molecule has 0 heterocycles. The number of rotatable bonds is 55. The molecule has 0 aliphatic heterocycles. The summed E-state index contributed by atoms with van der Waals surface area (Å²) in [7, 11) is 5.91. The van der Waals surface area contributed by atoms with E-state index in [1.54, 1.807) is 0 Å². The maximum atomic E-state index is 12.8. The Morgan fingerprint density at radius 1 is 0.437 bits per heavy atom. The standard InChI is InChI=1S/C62H113NO8/c1-6-8-10-12-14-16-18-20-21-22-23-24-25-26-27-28-29-30-31-32-33-34-35-36-37-38-39-41-42-44-46-48-50-52-59(64)69-56-58(57-70-62(61(66)67)68-55-54-63(3,4)5)71-60(65)53-51-49-47-45-43-40-19-17-15-13-11-9-7-2/h9,11,15,17,22-23,40,43,58,62H,6-8,10,12-14,16,18-21,24-39,41-42,44-57H2,1-5H3/b11-9-,17-15-,23-22-,43-40-. The summed E-state index contributed by atoms with van der Waals surface area (Å²) in [5.41, 5.74) is 0. The molecule has 71 heavy (non-hydrogen) atoms. The summed E-state index contributed by atoms with van der Waals surface area (Å²) >= 11 is 0. The molecule has 0 aliphatic rings. The number of carboxylic acid groups (broad SMARTS) is 1. The molecule has 0 saturated carbocycles. The van der Waals surface area contributed by atoms with E-state index in [1.165, 1.54) is 180 Å². The molecule has 0 aromatic rings. The Kier molecular flexibility index (Phi) is 51.5. The first kappa shape index (κ1) is 68.2. The summed E-state index contributed by atoms with van der Waals surface area (Å²) in [4.78, 5) is 37.2. The quantitative estimate of drug-likeness (QED) is 0.0195. The van der Waals surface area contributed by atoms with Crippen LogP contribution >= 0.6 is 0 Å². The maximum absolute atomic E-state index is 12.8. The van der Waals surface area contributed by atoms with Gasteiger partial charge in [-0.25, -0.2) is 0 Å². The molecule has 0 aliphatic carbocycles. The number of quaternary nitrogens is 1. The predicted octanol–water partition coefficient (Wildman–Crippen LogP) is 16.1. The van der Waals surface area contributed by atoms with Crippen LogP contribution in [-0.2, 0) is 33.3 Å². The van der Waals surface area contributed by atoms with E-state index in [0.29, 0.717) is 17.4 Å². The first-order chi connectivity index (χ1) is 34.6. The summed E-state index contributed by atoms with van der Waals surface area (Å²) in [5.74, 6) is -2.32. The van der Waals surface area contributed by atoms with Crippen LogP contribution in [0.15, 0.2) is 48.6 Å². The van der Waals surface area contributed by atoms with Gasteiger partial charge in [0.1, 0.15) is 13.2 Å². The number of aliphatic carboxylic acids is 1. The van der Waals surface area contributed by atoms with Gasteiger partial charge in [-0.2, -0.15) is 0 Å². The van der Waals surface area contributed by atoms with Gasteiger partial charge in [0.05, 0.1) is 40.3 Å². The second-order valence-corrected chi connectivity index (χ2v) is 21.3. The van der Waals surface area contributed by atoms with E-state index >= 15 is 0 Å². The van der Waals surface area contributed by atoms with E-state index in [0.717, 1.165) is 57.8 Å². The predicted molar refractivity (Wildman–Crippen MR) is 297 cm³/mol. The first-order valence-electron chi connectivity index (χ1n) is 29.8. The Hall–Kier alpha value is -2.75. The van der Waals surface area contributed by atoms with Crippen LogP contribution in [0.2, 0.25) is 0 Å². The zero-order valence-corrected chi connectivity index (χ0v) is 47.1. The van der Waals surface area contributed by atoms with Crippen molar-refractivity contribution < 1.29 is 42.9 Å². The second-order valence-electron chi connectivity index (χ2n) is 21.3. The third-order valence-corrected chi connectivity index (χ3v) is 13.1. The minimum absolute atomic E-state index is 0.142. The highest BCUT2D eigenvalue weighted by Crippen LogP contribution is 2.17. The smallest absolute Gasteiger partial charge is 0.306 e. The van der Waals surface area contributed by atoms with Gasteiger partial charge in [-0.3, -0.25) is 9.59 Å². The van der Waals surface area contributed by atoms with Gasteiger partial charge in [0.25, 0.3) is 0 Å². The largest absolute Gasteiger partial charge is 0.545 e. The summed E-state index contributed by atoms with van der Waals surface area (Å²) < 4.78 is 22.6. The zero-order chi connectivity index (χ0) is 52.0. The topological polar surface area (TPSA) is 111 Å². The number of allylic oxidation sites excluding steroid dienone is 8.